The lowest BCUT2D eigenvalue weighted by molar-refractivity contribution is 0.215. The first-order valence-corrected chi connectivity index (χ1v) is 6.88. The maximum atomic E-state index is 5.87. The smallest absolute Gasteiger partial charge is 0.203 e. The summed E-state index contributed by atoms with van der Waals surface area (Å²) < 4.78 is 16.0. The first kappa shape index (κ1) is 17.1. The van der Waals surface area contributed by atoms with Gasteiger partial charge in [-0.3, -0.25) is 0 Å². The van der Waals surface area contributed by atoms with Gasteiger partial charge in [-0.2, -0.15) is 0 Å². The molecule has 2 rings (SSSR count). The molecule has 3 N–H and O–H groups in total. The second-order valence-electron chi connectivity index (χ2n) is 4.48. The van der Waals surface area contributed by atoms with Gasteiger partial charge in [0.15, 0.2) is 11.5 Å². The molecule has 9 heteroatoms. The summed E-state index contributed by atoms with van der Waals surface area (Å²) >= 11 is 0. The van der Waals surface area contributed by atoms with Crippen LogP contribution in [0.2, 0.25) is 0 Å². The predicted molar refractivity (Wildman–Crippen MR) is 90.4 cm³/mol. The number of nitrogens with zero attached hydrogens (tertiary/aromatic N) is 3. The Hall–Kier alpha value is -3.23. The number of nitrogens with two attached hydrogens (primary N) is 1. The van der Waals surface area contributed by atoms with Crippen LogP contribution in [0.25, 0.3) is 0 Å². The summed E-state index contributed by atoms with van der Waals surface area (Å²) in [5.74, 6) is 2.23. The van der Waals surface area contributed by atoms with Crippen LogP contribution in [0.1, 0.15) is 5.56 Å². The number of hydrogen-bond acceptors (Lipinski definition) is 9. The molecule has 0 amide bonds. The molecule has 0 atom stereocenters. The lowest BCUT2D eigenvalue weighted by Gasteiger charge is -2.15. The summed E-state index contributed by atoms with van der Waals surface area (Å²) in [4.78, 5) is 12.8. The molecule has 0 aliphatic rings. The van der Waals surface area contributed by atoms with Gasteiger partial charge in [-0.05, 0) is 0 Å². The molecule has 0 radical (unpaired) electrons. The minimum absolute atomic E-state index is 0.265. The summed E-state index contributed by atoms with van der Waals surface area (Å²) in [6.07, 6.45) is 2.77. The number of rotatable bonds is 7. The molecule has 0 bridgehead atoms. The Kier molecular flexibility index (Phi) is 5.61. The quantitative estimate of drug-likeness (QED) is 0.582. The molecule has 0 aliphatic heterocycles. The normalized spacial score (nSPS) is 10.5. The van der Waals surface area contributed by atoms with E-state index in [1.165, 1.54) is 26.8 Å². The summed E-state index contributed by atoms with van der Waals surface area (Å²) in [6, 6.07) is 3.49. The maximum absolute atomic E-state index is 5.87. The zero-order valence-electron chi connectivity index (χ0n) is 13.9. The Morgan fingerprint density at radius 2 is 1.71 bits per heavy atom. The van der Waals surface area contributed by atoms with Gasteiger partial charge in [-0.25, -0.2) is 9.97 Å². The van der Waals surface area contributed by atoms with E-state index < -0.39 is 0 Å². The van der Waals surface area contributed by atoms with Crippen LogP contribution in [-0.4, -0.2) is 44.6 Å². The molecule has 9 nitrogen and oxygen atoms in total. The van der Waals surface area contributed by atoms with Crippen molar-refractivity contribution in [1.29, 1.82) is 0 Å². The van der Waals surface area contributed by atoms with Crippen LogP contribution in [0.3, 0.4) is 0 Å². The molecule has 0 fully saturated rings. The van der Waals surface area contributed by atoms with Gasteiger partial charge in [0, 0.05) is 17.8 Å². The van der Waals surface area contributed by atoms with Crippen molar-refractivity contribution >= 4 is 23.5 Å². The van der Waals surface area contributed by atoms with Crippen molar-refractivity contribution in [1.82, 2.24) is 9.97 Å². The molecule has 0 saturated carbocycles. The fourth-order valence-electron chi connectivity index (χ4n) is 2.03. The molecule has 0 saturated heterocycles. The van der Waals surface area contributed by atoms with E-state index in [-0.39, 0.29) is 5.82 Å². The summed E-state index contributed by atoms with van der Waals surface area (Å²) in [5.41, 5.74) is 7.02. The monoisotopic (exact) mass is 333 g/mol. The fraction of sp³-hybridized carbons (Fsp3) is 0.267. The zero-order valence-corrected chi connectivity index (χ0v) is 13.9. The van der Waals surface area contributed by atoms with E-state index >= 15 is 0 Å². The topological polar surface area (TPSA) is 113 Å². The summed E-state index contributed by atoms with van der Waals surface area (Å²) in [7, 11) is 6.06. The van der Waals surface area contributed by atoms with Gasteiger partial charge in [0.2, 0.25) is 5.75 Å². The van der Waals surface area contributed by atoms with E-state index in [0.29, 0.717) is 34.3 Å². The molecular formula is C15H19N5O4. The highest BCUT2D eigenvalue weighted by Gasteiger charge is 2.15. The summed E-state index contributed by atoms with van der Waals surface area (Å²) in [6.45, 7) is 0. The number of hydrogen-bond donors (Lipinski definition) is 2. The third kappa shape index (κ3) is 3.57. The minimum Gasteiger partial charge on any atom is -0.493 e. The second-order valence-corrected chi connectivity index (χ2v) is 4.48. The zero-order chi connectivity index (χ0) is 17.5. The van der Waals surface area contributed by atoms with Crippen LogP contribution in [0, 0.1) is 0 Å². The van der Waals surface area contributed by atoms with Crippen molar-refractivity contribution in [3.63, 3.8) is 0 Å². The largest absolute Gasteiger partial charge is 0.493 e. The van der Waals surface area contributed by atoms with Crippen molar-refractivity contribution < 1.29 is 19.0 Å². The van der Waals surface area contributed by atoms with Gasteiger partial charge in [0.05, 0.1) is 33.1 Å². The molecule has 0 unspecified atom stereocenters. The Bertz CT molecular complexity index is 711. The fourth-order valence-corrected chi connectivity index (χ4v) is 2.03. The van der Waals surface area contributed by atoms with Crippen molar-refractivity contribution in [2.45, 2.75) is 0 Å². The second kappa shape index (κ2) is 7.86. The van der Waals surface area contributed by atoms with E-state index in [1.807, 2.05) is 0 Å². The average molecular weight is 333 g/mol. The van der Waals surface area contributed by atoms with Crippen LogP contribution in [0.15, 0.2) is 23.6 Å². The molecular weight excluding hydrogens is 314 g/mol. The molecule has 2 aromatic rings. The first-order chi connectivity index (χ1) is 11.6. The molecule has 24 heavy (non-hydrogen) atoms. The molecule has 0 spiro atoms. The minimum atomic E-state index is 0.265. The standard InChI is InChI=1S/C15H19N5O4/c1-21-11-5-9(6-12(22-2)13(11)23-3)20-15-10(7-19-24-4)14(16)17-8-18-15/h5-8H,1-4H3,(H3,16,17,18,20)/b19-7+. The maximum Gasteiger partial charge on any atom is 0.203 e. The Balaban J connectivity index is 2.45. The Morgan fingerprint density at radius 1 is 1.04 bits per heavy atom. The van der Waals surface area contributed by atoms with E-state index in [0.717, 1.165) is 0 Å². The number of anilines is 3. The van der Waals surface area contributed by atoms with Gasteiger partial charge in [0.1, 0.15) is 25.1 Å². The number of nitrogens with one attached hydrogen (secondary N) is 1. The van der Waals surface area contributed by atoms with Crippen LogP contribution < -0.4 is 25.3 Å². The third-order valence-electron chi connectivity index (χ3n) is 3.13. The lowest BCUT2D eigenvalue weighted by atomic mass is 10.2. The van der Waals surface area contributed by atoms with Gasteiger partial charge >= 0.3 is 0 Å². The van der Waals surface area contributed by atoms with Crippen molar-refractivity contribution in [3.05, 3.63) is 24.0 Å². The summed E-state index contributed by atoms with van der Waals surface area (Å²) in [5, 5.41) is 6.84. The van der Waals surface area contributed by atoms with Gasteiger partial charge in [0.25, 0.3) is 0 Å². The molecule has 0 aliphatic carbocycles. The van der Waals surface area contributed by atoms with E-state index in [9.17, 15) is 0 Å². The average Bonchev–Trinajstić information content (AvgIpc) is 2.60. The first-order valence-electron chi connectivity index (χ1n) is 6.88. The van der Waals surface area contributed by atoms with Crippen LogP contribution in [-0.2, 0) is 4.84 Å². The number of oxime groups is 1. The SMILES string of the molecule is CO/N=C/c1c(N)ncnc1Nc1cc(OC)c(OC)c(OC)c1. The van der Waals surface area contributed by atoms with E-state index in [1.54, 1.807) is 26.4 Å². The molecule has 1 aromatic carbocycles. The van der Waals surface area contributed by atoms with E-state index in [2.05, 4.69) is 25.3 Å². The Labute approximate surface area is 139 Å². The number of nitrogen functional groups attached to an aromatic ring is 1. The Morgan fingerprint density at radius 3 is 2.25 bits per heavy atom. The van der Waals surface area contributed by atoms with Crippen molar-refractivity contribution in [2.75, 3.05) is 39.5 Å². The molecule has 1 aromatic heterocycles. The van der Waals surface area contributed by atoms with Gasteiger partial charge in [-0.15, -0.1) is 0 Å². The molecule has 1 heterocycles. The molecule has 128 valence electrons. The van der Waals surface area contributed by atoms with Gasteiger partial charge < -0.3 is 30.1 Å². The number of benzene rings is 1. The van der Waals surface area contributed by atoms with E-state index in [4.69, 9.17) is 19.9 Å². The number of methoxy groups -OCH3 is 3. The number of aromatic nitrogens is 2. The highest BCUT2D eigenvalue weighted by atomic mass is 16.6. The highest BCUT2D eigenvalue weighted by Crippen LogP contribution is 2.40. The van der Waals surface area contributed by atoms with Crippen LogP contribution in [0.4, 0.5) is 17.3 Å². The predicted octanol–water partition coefficient (Wildman–Crippen LogP) is 1.81. The van der Waals surface area contributed by atoms with Crippen molar-refractivity contribution in [2.24, 2.45) is 5.16 Å². The van der Waals surface area contributed by atoms with Crippen molar-refractivity contribution in [3.8, 4) is 17.2 Å². The number of ether oxygens (including phenoxy) is 3. The third-order valence-corrected chi connectivity index (χ3v) is 3.13. The highest BCUT2D eigenvalue weighted by molar-refractivity contribution is 5.92. The van der Waals surface area contributed by atoms with Crippen LogP contribution in [0.5, 0.6) is 17.2 Å². The lowest BCUT2D eigenvalue weighted by Crippen LogP contribution is -2.05. The van der Waals surface area contributed by atoms with Gasteiger partial charge in [-0.1, -0.05) is 5.16 Å². The van der Waals surface area contributed by atoms with Crippen LogP contribution >= 0.6 is 0 Å².